The van der Waals surface area contributed by atoms with Gasteiger partial charge in [0.15, 0.2) is 0 Å². The van der Waals surface area contributed by atoms with E-state index in [1.54, 1.807) is 0 Å². The standard InChI is InChI=1S/C16H26N2O/c1-13-5-6-15(11-14(13)2)16(17-3)12-18-7-4-9-19-10-8-18/h5-6,11,16-17H,4,7-10,12H2,1-3H3. The highest BCUT2D eigenvalue weighted by atomic mass is 16.5. The molecule has 0 bridgehead atoms. The van der Waals surface area contributed by atoms with E-state index in [1.807, 2.05) is 7.05 Å². The zero-order valence-electron chi connectivity index (χ0n) is 12.4. The molecule has 1 atom stereocenters. The molecule has 2 rings (SSSR count). The van der Waals surface area contributed by atoms with Gasteiger partial charge in [0.1, 0.15) is 0 Å². The molecule has 0 aromatic heterocycles. The van der Waals surface area contributed by atoms with E-state index in [1.165, 1.54) is 16.7 Å². The Balaban J connectivity index is 2.03. The van der Waals surface area contributed by atoms with Crippen LogP contribution in [0.4, 0.5) is 0 Å². The van der Waals surface area contributed by atoms with Crippen molar-refractivity contribution in [2.45, 2.75) is 26.3 Å². The average Bonchev–Trinajstić information content (AvgIpc) is 2.68. The topological polar surface area (TPSA) is 24.5 Å². The minimum Gasteiger partial charge on any atom is -0.380 e. The molecule has 3 nitrogen and oxygen atoms in total. The summed E-state index contributed by atoms with van der Waals surface area (Å²) in [5, 5.41) is 3.45. The predicted molar refractivity (Wildman–Crippen MR) is 79.6 cm³/mol. The van der Waals surface area contributed by atoms with Crippen molar-refractivity contribution in [3.8, 4) is 0 Å². The van der Waals surface area contributed by atoms with E-state index in [4.69, 9.17) is 4.74 Å². The Hall–Kier alpha value is -0.900. The van der Waals surface area contributed by atoms with Crippen LogP contribution in [0.5, 0.6) is 0 Å². The molecule has 0 saturated carbocycles. The predicted octanol–water partition coefficient (Wildman–Crippen LogP) is 2.29. The van der Waals surface area contributed by atoms with Gasteiger partial charge in [-0.05, 0) is 44.0 Å². The Morgan fingerprint density at radius 1 is 1.21 bits per heavy atom. The van der Waals surface area contributed by atoms with E-state index in [0.717, 1.165) is 39.3 Å². The summed E-state index contributed by atoms with van der Waals surface area (Å²) in [4.78, 5) is 2.50. The molecule has 1 aromatic rings. The molecular formula is C16H26N2O. The Labute approximate surface area is 116 Å². The zero-order chi connectivity index (χ0) is 13.7. The number of hydrogen-bond acceptors (Lipinski definition) is 3. The summed E-state index contributed by atoms with van der Waals surface area (Å²) < 4.78 is 5.52. The summed E-state index contributed by atoms with van der Waals surface area (Å²) in [6, 6.07) is 7.18. The van der Waals surface area contributed by atoms with E-state index in [9.17, 15) is 0 Å². The molecule has 0 radical (unpaired) electrons. The van der Waals surface area contributed by atoms with Crippen molar-refractivity contribution in [2.75, 3.05) is 39.9 Å². The third-order valence-electron chi connectivity index (χ3n) is 4.04. The maximum Gasteiger partial charge on any atom is 0.0593 e. The summed E-state index contributed by atoms with van der Waals surface area (Å²) in [6.07, 6.45) is 1.14. The highest BCUT2D eigenvalue weighted by Crippen LogP contribution is 2.18. The largest absolute Gasteiger partial charge is 0.380 e. The summed E-state index contributed by atoms with van der Waals surface area (Å²) in [5.74, 6) is 0. The van der Waals surface area contributed by atoms with Crippen molar-refractivity contribution in [2.24, 2.45) is 0 Å². The molecule has 1 aliphatic heterocycles. The van der Waals surface area contributed by atoms with Crippen molar-refractivity contribution in [1.82, 2.24) is 10.2 Å². The van der Waals surface area contributed by atoms with Crippen molar-refractivity contribution in [3.63, 3.8) is 0 Å². The molecule has 1 fully saturated rings. The number of nitrogens with zero attached hydrogens (tertiary/aromatic N) is 1. The molecule has 19 heavy (non-hydrogen) atoms. The zero-order valence-corrected chi connectivity index (χ0v) is 12.4. The lowest BCUT2D eigenvalue weighted by molar-refractivity contribution is 0.139. The van der Waals surface area contributed by atoms with Crippen LogP contribution in [0.3, 0.4) is 0 Å². The van der Waals surface area contributed by atoms with Gasteiger partial charge in [-0.15, -0.1) is 0 Å². The molecule has 0 spiro atoms. The second-order valence-electron chi connectivity index (χ2n) is 5.45. The SMILES string of the molecule is CNC(CN1CCCOCC1)c1ccc(C)c(C)c1. The van der Waals surface area contributed by atoms with Gasteiger partial charge in [-0.2, -0.15) is 0 Å². The van der Waals surface area contributed by atoms with Crippen LogP contribution < -0.4 is 5.32 Å². The molecule has 1 aromatic carbocycles. The molecular weight excluding hydrogens is 236 g/mol. The van der Waals surface area contributed by atoms with Gasteiger partial charge >= 0.3 is 0 Å². The van der Waals surface area contributed by atoms with Gasteiger partial charge in [0, 0.05) is 32.3 Å². The molecule has 0 amide bonds. The van der Waals surface area contributed by atoms with Crippen LogP contribution in [-0.4, -0.2) is 44.8 Å². The fraction of sp³-hybridized carbons (Fsp3) is 0.625. The highest BCUT2D eigenvalue weighted by molar-refractivity contribution is 5.31. The van der Waals surface area contributed by atoms with Crippen LogP contribution in [0.15, 0.2) is 18.2 Å². The molecule has 1 heterocycles. The number of benzene rings is 1. The Morgan fingerprint density at radius 3 is 2.79 bits per heavy atom. The van der Waals surface area contributed by atoms with Crippen LogP contribution in [-0.2, 0) is 4.74 Å². The second kappa shape index (κ2) is 7.04. The van der Waals surface area contributed by atoms with E-state index in [0.29, 0.717) is 6.04 Å². The van der Waals surface area contributed by atoms with Gasteiger partial charge in [-0.3, -0.25) is 4.90 Å². The minimum absolute atomic E-state index is 0.400. The van der Waals surface area contributed by atoms with Crippen LogP contribution >= 0.6 is 0 Å². The summed E-state index contributed by atoms with van der Waals surface area (Å²) in [6.45, 7) is 9.37. The van der Waals surface area contributed by atoms with Gasteiger partial charge in [0.25, 0.3) is 0 Å². The number of hydrogen-bond donors (Lipinski definition) is 1. The molecule has 0 aliphatic carbocycles. The lowest BCUT2D eigenvalue weighted by Crippen LogP contribution is -2.35. The molecule has 1 N–H and O–H groups in total. The smallest absolute Gasteiger partial charge is 0.0593 e. The van der Waals surface area contributed by atoms with Crippen LogP contribution in [0.25, 0.3) is 0 Å². The summed E-state index contributed by atoms with van der Waals surface area (Å²) in [5.41, 5.74) is 4.12. The fourth-order valence-electron chi connectivity index (χ4n) is 2.58. The van der Waals surface area contributed by atoms with Gasteiger partial charge < -0.3 is 10.1 Å². The molecule has 1 aliphatic rings. The fourth-order valence-corrected chi connectivity index (χ4v) is 2.58. The van der Waals surface area contributed by atoms with Crippen molar-refractivity contribution in [1.29, 1.82) is 0 Å². The molecule has 1 saturated heterocycles. The normalized spacial score (nSPS) is 19.1. The van der Waals surface area contributed by atoms with Gasteiger partial charge in [0.2, 0.25) is 0 Å². The first-order chi connectivity index (χ1) is 9.20. The lowest BCUT2D eigenvalue weighted by Gasteiger charge is -2.26. The first-order valence-corrected chi connectivity index (χ1v) is 7.25. The molecule has 1 unspecified atom stereocenters. The number of aryl methyl sites for hydroxylation is 2. The first-order valence-electron chi connectivity index (χ1n) is 7.25. The molecule has 3 heteroatoms. The molecule has 106 valence electrons. The monoisotopic (exact) mass is 262 g/mol. The first kappa shape index (κ1) is 14.5. The number of rotatable bonds is 4. The third-order valence-corrected chi connectivity index (χ3v) is 4.04. The number of ether oxygens (including phenoxy) is 1. The Morgan fingerprint density at radius 2 is 2.05 bits per heavy atom. The quantitative estimate of drug-likeness (QED) is 0.901. The minimum atomic E-state index is 0.400. The maximum absolute atomic E-state index is 5.52. The van der Waals surface area contributed by atoms with Crippen LogP contribution in [0, 0.1) is 13.8 Å². The summed E-state index contributed by atoms with van der Waals surface area (Å²) >= 11 is 0. The van der Waals surface area contributed by atoms with E-state index in [2.05, 4.69) is 42.3 Å². The third kappa shape index (κ3) is 4.03. The van der Waals surface area contributed by atoms with Crippen LogP contribution in [0.1, 0.15) is 29.2 Å². The summed E-state index contributed by atoms with van der Waals surface area (Å²) in [7, 11) is 2.05. The maximum atomic E-state index is 5.52. The van der Waals surface area contributed by atoms with Crippen molar-refractivity contribution >= 4 is 0 Å². The highest BCUT2D eigenvalue weighted by Gasteiger charge is 2.16. The Bertz CT molecular complexity index is 398. The van der Waals surface area contributed by atoms with Gasteiger partial charge in [-0.1, -0.05) is 18.2 Å². The van der Waals surface area contributed by atoms with Gasteiger partial charge in [-0.25, -0.2) is 0 Å². The average molecular weight is 262 g/mol. The van der Waals surface area contributed by atoms with Crippen molar-refractivity contribution < 1.29 is 4.74 Å². The van der Waals surface area contributed by atoms with E-state index < -0.39 is 0 Å². The lowest BCUT2D eigenvalue weighted by atomic mass is 10.0. The van der Waals surface area contributed by atoms with Crippen molar-refractivity contribution in [3.05, 3.63) is 34.9 Å². The second-order valence-corrected chi connectivity index (χ2v) is 5.45. The van der Waals surface area contributed by atoms with Gasteiger partial charge in [0.05, 0.1) is 6.61 Å². The van der Waals surface area contributed by atoms with E-state index in [-0.39, 0.29) is 0 Å². The number of likely N-dealkylation sites (N-methyl/N-ethyl adjacent to an activating group) is 1. The van der Waals surface area contributed by atoms with Crippen LogP contribution in [0.2, 0.25) is 0 Å². The Kier molecular flexibility index (Phi) is 5.37. The van der Waals surface area contributed by atoms with E-state index >= 15 is 0 Å². The number of nitrogens with one attached hydrogen (secondary N) is 1.